The van der Waals surface area contributed by atoms with Crippen LogP contribution in [0.15, 0.2) is 24.3 Å². The molecule has 6 aliphatic carbocycles. The topological polar surface area (TPSA) is 135 Å². The first-order valence-electron chi connectivity index (χ1n) is 19.4. The summed E-state index contributed by atoms with van der Waals surface area (Å²) in [6.45, 7) is 6.88. The van der Waals surface area contributed by atoms with Crippen LogP contribution >= 0.6 is 0 Å². The van der Waals surface area contributed by atoms with Gasteiger partial charge in [-0.15, -0.1) is 0 Å². The van der Waals surface area contributed by atoms with E-state index in [2.05, 4.69) is 51.1 Å². The molecule has 0 radical (unpaired) electrons. The lowest BCUT2D eigenvalue weighted by molar-refractivity contribution is 0.0283. The standard InChI is InChI=1S/C42H53N3O5S/c1-24(26-6-5-25-7-11-31-30(34(25)21-26)15-18-42(3)29(23-44)10-14-35(31)42)49-40-38-27(22-37(39(40)48-4)50-51(45,46)47)8-12-32-33(38)16-19-41(2)28(17-20-43)9-13-36(32)41/h5-6,21-22,24,28-33,35-36H,7-19H2,1-4H3,(H2,45,46,47)/t24?,28?,29?,30?,31?,32-,33+,35?,36+,41-,42-/m1/s1. The van der Waals surface area contributed by atoms with Crippen molar-refractivity contribution in [3.05, 3.63) is 52.1 Å². The Labute approximate surface area is 304 Å². The number of nitriles is 2. The van der Waals surface area contributed by atoms with Crippen molar-refractivity contribution >= 4 is 10.3 Å². The molecule has 4 saturated carbocycles. The summed E-state index contributed by atoms with van der Waals surface area (Å²) in [4.78, 5) is 0. The summed E-state index contributed by atoms with van der Waals surface area (Å²) < 4.78 is 42.9. The molecule has 51 heavy (non-hydrogen) atoms. The first-order valence-corrected chi connectivity index (χ1v) is 20.9. The maximum Gasteiger partial charge on any atom is 0.380 e. The maximum atomic E-state index is 12.3. The molecule has 0 heterocycles. The molecule has 8 nitrogen and oxygen atoms in total. The van der Waals surface area contributed by atoms with E-state index in [1.54, 1.807) is 0 Å². The van der Waals surface area contributed by atoms with E-state index in [1.807, 2.05) is 6.07 Å². The number of nitrogens with two attached hydrogens (primary N) is 1. The monoisotopic (exact) mass is 711 g/mol. The Hall–Kier alpha value is -3.27. The highest BCUT2D eigenvalue weighted by Crippen LogP contribution is 2.66. The second kappa shape index (κ2) is 12.7. The van der Waals surface area contributed by atoms with Crippen molar-refractivity contribution in [3.8, 4) is 29.4 Å². The van der Waals surface area contributed by atoms with Gasteiger partial charge in [-0.05, 0) is 165 Å². The van der Waals surface area contributed by atoms with Gasteiger partial charge in [0.15, 0.2) is 11.5 Å². The highest BCUT2D eigenvalue weighted by molar-refractivity contribution is 7.84. The number of hydrogen-bond acceptors (Lipinski definition) is 7. The van der Waals surface area contributed by atoms with Gasteiger partial charge in [-0.3, -0.25) is 0 Å². The van der Waals surface area contributed by atoms with Crippen molar-refractivity contribution in [1.82, 2.24) is 0 Å². The Balaban J connectivity index is 1.14. The normalized spacial score (nSPS) is 36.8. The van der Waals surface area contributed by atoms with Gasteiger partial charge >= 0.3 is 10.3 Å². The summed E-state index contributed by atoms with van der Waals surface area (Å²) in [6, 6.07) is 13.8. The highest BCUT2D eigenvalue weighted by atomic mass is 32.2. The largest absolute Gasteiger partial charge is 0.490 e. The lowest BCUT2D eigenvalue weighted by atomic mass is 9.54. The van der Waals surface area contributed by atoms with Gasteiger partial charge in [0, 0.05) is 12.0 Å². The molecular weight excluding hydrogens is 659 g/mol. The number of benzene rings is 2. The zero-order valence-electron chi connectivity index (χ0n) is 30.6. The third-order valence-corrected chi connectivity index (χ3v) is 15.9. The molecule has 272 valence electrons. The van der Waals surface area contributed by atoms with E-state index in [1.165, 1.54) is 24.7 Å². The number of rotatable bonds is 7. The number of ether oxygens (including phenoxy) is 2. The molecule has 9 heteroatoms. The number of aryl methyl sites for hydroxylation is 2. The minimum atomic E-state index is -4.31. The van der Waals surface area contributed by atoms with Crippen LogP contribution in [0.1, 0.15) is 137 Å². The molecule has 6 aliphatic rings. The second-order valence-electron chi connectivity index (χ2n) is 17.4. The van der Waals surface area contributed by atoms with Gasteiger partial charge < -0.3 is 13.7 Å². The average molecular weight is 712 g/mol. The van der Waals surface area contributed by atoms with Crippen molar-refractivity contribution in [3.63, 3.8) is 0 Å². The number of nitrogens with zero attached hydrogens (tertiary/aromatic N) is 2. The minimum absolute atomic E-state index is 0.0702. The van der Waals surface area contributed by atoms with Gasteiger partial charge in [0.05, 0.1) is 25.2 Å². The molecule has 4 fully saturated rings. The van der Waals surface area contributed by atoms with Crippen LogP contribution in [0.3, 0.4) is 0 Å². The first kappa shape index (κ1) is 34.8. The van der Waals surface area contributed by atoms with E-state index in [0.29, 0.717) is 47.7 Å². The third kappa shape index (κ3) is 5.56. The average Bonchev–Trinajstić information content (AvgIpc) is 3.63. The molecule has 0 aliphatic heterocycles. The number of fused-ring (bicyclic) bond motifs is 10. The summed E-state index contributed by atoms with van der Waals surface area (Å²) in [6.07, 6.45) is 13.1. The van der Waals surface area contributed by atoms with E-state index >= 15 is 0 Å². The van der Waals surface area contributed by atoms with E-state index < -0.39 is 10.3 Å². The van der Waals surface area contributed by atoms with E-state index in [-0.39, 0.29) is 40.3 Å². The molecule has 0 aromatic heterocycles. The molecule has 2 aromatic rings. The van der Waals surface area contributed by atoms with Crippen molar-refractivity contribution in [2.24, 2.45) is 51.5 Å². The van der Waals surface area contributed by atoms with Crippen molar-refractivity contribution in [2.45, 2.75) is 122 Å². The SMILES string of the molecule is COc1c(OS(N)(=O)=O)cc2c(c1OC(C)c1ccc3c(c1)C1CC[C@]4(C)C(C#N)CCC4C1CC3)[C@H]1CC[C@]3(C)C(CC#N)CC[C@H]3[C@@H]1CC2. The molecule has 0 bridgehead atoms. The third-order valence-electron chi connectivity index (χ3n) is 15.5. The molecule has 8 rings (SSSR count). The molecule has 2 N–H and O–H groups in total. The maximum absolute atomic E-state index is 12.3. The smallest absolute Gasteiger partial charge is 0.380 e. The first-order chi connectivity index (χ1) is 24.4. The van der Waals surface area contributed by atoms with Crippen LogP contribution in [0, 0.1) is 69.0 Å². The van der Waals surface area contributed by atoms with Gasteiger partial charge in [-0.1, -0.05) is 32.0 Å². The number of hydrogen-bond donors (Lipinski definition) is 1. The van der Waals surface area contributed by atoms with Gasteiger partial charge in [-0.25, -0.2) is 0 Å². The van der Waals surface area contributed by atoms with Crippen molar-refractivity contribution in [2.75, 3.05) is 7.11 Å². The van der Waals surface area contributed by atoms with Crippen LogP contribution in [-0.2, 0) is 23.1 Å². The fraction of sp³-hybridized carbons (Fsp3) is 0.667. The Morgan fingerprint density at radius 1 is 0.882 bits per heavy atom. The summed E-state index contributed by atoms with van der Waals surface area (Å²) >= 11 is 0. The van der Waals surface area contributed by atoms with E-state index in [9.17, 15) is 18.9 Å². The highest BCUT2D eigenvalue weighted by Gasteiger charge is 2.56. The van der Waals surface area contributed by atoms with E-state index in [4.69, 9.17) is 18.8 Å². The zero-order valence-corrected chi connectivity index (χ0v) is 31.4. The Morgan fingerprint density at radius 2 is 1.57 bits per heavy atom. The zero-order chi connectivity index (χ0) is 35.9. The molecule has 0 amide bonds. The van der Waals surface area contributed by atoms with Crippen molar-refractivity contribution < 1.29 is 22.1 Å². The molecule has 6 unspecified atom stereocenters. The van der Waals surface area contributed by atoms with E-state index in [0.717, 1.165) is 87.3 Å². The van der Waals surface area contributed by atoms with Gasteiger partial charge in [0.1, 0.15) is 6.10 Å². The number of methoxy groups -OCH3 is 1. The quantitative estimate of drug-likeness (QED) is 0.303. The fourth-order valence-corrected chi connectivity index (χ4v) is 13.4. The van der Waals surface area contributed by atoms with Gasteiger partial charge in [0.25, 0.3) is 0 Å². The second-order valence-corrected chi connectivity index (χ2v) is 18.6. The summed E-state index contributed by atoms with van der Waals surface area (Å²) in [5.74, 6) is 4.48. The molecule has 11 atom stereocenters. The summed E-state index contributed by atoms with van der Waals surface area (Å²) in [7, 11) is -2.77. The lowest BCUT2D eigenvalue weighted by Gasteiger charge is -2.51. The summed E-state index contributed by atoms with van der Waals surface area (Å²) in [5, 5.41) is 25.0. The van der Waals surface area contributed by atoms with Crippen LogP contribution < -0.4 is 18.8 Å². The van der Waals surface area contributed by atoms with Crippen LogP contribution in [0.4, 0.5) is 0 Å². The Bertz CT molecular complexity index is 1920. The van der Waals surface area contributed by atoms with Crippen LogP contribution in [0.2, 0.25) is 0 Å². The Kier molecular flexibility index (Phi) is 8.66. The molecule has 0 saturated heterocycles. The van der Waals surface area contributed by atoms with Crippen LogP contribution in [0.25, 0.3) is 0 Å². The predicted octanol–water partition coefficient (Wildman–Crippen LogP) is 8.80. The molecule has 2 aromatic carbocycles. The predicted molar refractivity (Wildman–Crippen MR) is 194 cm³/mol. The Morgan fingerprint density at radius 3 is 2.29 bits per heavy atom. The van der Waals surface area contributed by atoms with Crippen LogP contribution in [0.5, 0.6) is 17.2 Å². The summed E-state index contributed by atoms with van der Waals surface area (Å²) in [5.41, 5.74) is 6.43. The molecular formula is C42H53N3O5S. The van der Waals surface area contributed by atoms with Gasteiger partial charge in [0.2, 0.25) is 5.75 Å². The lowest BCUT2D eigenvalue weighted by Crippen LogP contribution is -2.42. The van der Waals surface area contributed by atoms with Crippen molar-refractivity contribution in [1.29, 1.82) is 10.5 Å². The fourth-order valence-electron chi connectivity index (χ4n) is 13.0. The minimum Gasteiger partial charge on any atom is -0.490 e. The van der Waals surface area contributed by atoms with Crippen LogP contribution in [-0.4, -0.2) is 15.5 Å². The van der Waals surface area contributed by atoms with Gasteiger partial charge in [-0.2, -0.15) is 24.1 Å². The molecule has 0 spiro atoms.